The molecule has 1 aromatic rings. The first-order valence-electron chi connectivity index (χ1n) is 7.63. The molecular formula is C17H26N2O4. The van der Waals surface area contributed by atoms with Gasteiger partial charge in [-0.05, 0) is 32.4 Å². The Hall–Kier alpha value is -2.24. The average Bonchev–Trinajstić information content (AvgIpc) is 2.53. The molecule has 0 aliphatic heterocycles. The molecule has 0 aliphatic carbocycles. The fourth-order valence-electron chi connectivity index (χ4n) is 1.86. The normalized spacial score (nSPS) is 10.8. The maximum atomic E-state index is 12.1. The molecule has 1 rings (SSSR count). The first-order chi connectivity index (χ1) is 10.8. The lowest BCUT2D eigenvalue weighted by molar-refractivity contribution is -0.122. The van der Waals surface area contributed by atoms with Gasteiger partial charge in [-0.3, -0.25) is 9.59 Å². The zero-order valence-corrected chi connectivity index (χ0v) is 14.5. The van der Waals surface area contributed by atoms with Crippen molar-refractivity contribution in [2.75, 3.05) is 20.8 Å². The zero-order chi connectivity index (χ0) is 17.5. The summed E-state index contributed by atoms with van der Waals surface area (Å²) < 4.78 is 10.3. The first kappa shape index (κ1) is 18.8. The van der Waals surface area contributed by atoms with Crippen LogP contribution < -0.4 is 20.1 Å². The minimum atomic E-state index is -0.273. The molecule has 0 radical (unpaired) electrons. The molecule has 1 aromatic carbocycles. The van der Waals surface area contributed by atoms with Gasteiger partial charge in [0.2, 0.25) is 5.91 Å². The quantitative estimate of drug-likeness (QED) is 0.769. The summed E-state index contributed by atoms with van der Waals surface area (Å²) in [5.74, 6) is 0.721. The second kappa shape index (κ2) is 8.41. The van der Waals surface area contributed by atoms with Crippen LogP contribution >= 0.6 is 0 Å². The van der Waals surface area contributed by atoms with Crippen LogP contribution in [0.3, 0.4) is 0 Å². The van der Waals surface area contributed by atoms with Gasteiger partial charge in [0.05, 0.1) is 14.2 Å². The molecule has 0 aromatic heterocycles. The number of benzene rings is 1. The Labute approximate surface area is 137 Å². The fourth-order valence-corrected chi connectivity index (χ4v) is 1.86. The van der Waals surface area contributed by atoms with E-state index < -0.39 is 0 Å². The van der Waals surface area contributed by atoms with Gasteiger partial charge in [0.25, 0.3) is 5.91 Å². The summed E-state index contributed by atoms with van der Waals surface area (Å²) in [5.41, 5.74) is 0.192. The van der Waals surface area contributed by atoms with E-state index in [-0.39, 0.29) is 30.3 Å². The standard InChI is InChI=1S/C17H26N2O4/c1-6-17(2,3)19-15(20)7-8-18-16(21)12-9-13(22-4)11-14(10-12)23-5/h9-11H,6-8H2,1-5H3,(H,18,21)(H,19,20). The number of carbonyl (C=O) groups is 2. The molecule has 128 valence electrons. The average molecular weight is 322 g/mol. The Morgan fingerprint density at radius 1 is 1.09 bits per heavy atom. The van der Waals surface area contributed by atoms with Crippen LogP contribution in [0.15, 0.2) is 18.2 Å². The van der Waals surface area contributed by atoms with Crippen molar-refractivity contribution in [3.05, 3.63) is 23.8 Å². The van der Waals surface area contributed by atoms with Crippen molar-refractivity contribution in [3.8, 4) is 11.5 Å². The van der Waals surface area contributed by atoms with Gasteiger partial charge in [-0.2, -0.15) is 0 Å². The van der Waals surface area contributed by atoms with Gasteiger partial charge in [0, 0.05) is 30.1 Å². The third kappa shape index (κ3) is 6.18. The van der Waals surface area contributed by atoms with Crippen LogP contribution in [0.2, 0.25) is 0 Å². The Kier molecular flexibility index (Phi) is 6.88. The Bertz CT molecular complexity index is 533. The van der Waals surface area contributed by atoms with Crippen molar-refractivity contribution in [3.63, 3.8) is 0 Å². The van der Waals surface area contributed by atoms with Gasteiger partial charge in [-0.15, -0.1) is 0 Å². The van der Waals surface area contributed by atoms with E-state index >= 15 is 0 Å². The van der Waals surface area contributed by atoms with Crippen LogP contribution in [-0.4, -0.2) is 38.1 Å². The van der Waals surface area contributed by atoms with E-state index in [9.17, 15) is 9.59 Å². The number of ether oxygens (including phenoxy) is 2. The van der Waals surface area contributed by atoms with Crippen LogP contribution in [0.5, 0.6) is 11.5 Å². The highest BCUT2D eigenvalue weighted by molar-refractivity contribution is 5.95. The molecule has 0 heterocycles. The molecule has 6 nitrogen and oxygen atoms in total. The second-order valence-electron chi connectivity index (χ2n) is 5.89. The molecule has 0 aliphatic rings. The molecule has 0 atom stereocenters. The Morgan fingerprint density at radius 2 is 1.65 bits per heavy atom. The SMILES string of the molecule is CCC(C)(C)NC(=O)CCNC(=O)c1cc(OC)cc(OC)c1. The number of nitrogens with one attached hydrogen (secondary N) is 2. The van der Waals surface area contributed by atoms with Crippen LogP contribution in [0.4, 0.5) is 0 Å². The molecule has 0 unspecified atom stereocenters. The number of hydrogen-bond acceptors (Lipinski definition) is 4. The molecule has 0 spiro atoms. The minimum absolute atomic E-state index is 0.0830. The number of rotatable bonds is 8. The first-order valence-corrected chi connectivity index (χ1v) is 7.63. The predicted octanol–water partition coefficient (Wildman–Crippen LogP) is 2.13. The summed E-state index contributed by atoms with van der Waals surface area (Å²) in [4.78, 5) is 24.0. The summed E-state index contributed by atoms with van der Waals surface area (Å²) in [6, 6.07) is 4.94. The molecular weight excluding hydrogens is 296 g/mol. The van der Waals surface area contributed by atoms with E-state index in [4.69, 9.17) is 9.47 Å². The van der Waals surface area contributed by atoms with Gasteiger partial charge >= 0.3 is 0 Å². The number of carbonyl (C=O) groups excluding carboxylic acids is 2. The summed E-state index contributed by atoms with van der Waals surface area (Å²) in [6.07, 6.45) is 1.07. The van der Waals surface area contributed by atoms with Crippen LogP contribution in [0.25, 0.3) is 0 Å². The lowest BCUT2D eigenvalue weighted by Crippen LogP contribution is -2.43. The zero-order valence-electron chi connectivity index (χ0n) is 14.5. The van der Waals surface area contributed by atoms with Crippen LogP contribution in [-0.2, 0) is 4.79 Å². The molecule has 6 heteroatoms. The van der Waals surface area contributed by atoms with Crippen LogP contribution in [0, 0.1) is 0 Å². The van der Waals surface area contributed by atoms with E-state index in [1.54, 1.807) is 18.2 Å². The van der Waals surface area contributed by atoms with Crippen molar-refractivity contribution in [1.29, 1.82) is 0 Å². The van der Waals surface area contributed by atoms with Gasteiger partial charge in [0.15, 0.2) is 0 Å². The van der Waals surface area contributed by atoms with Crippen molar-refractivity contribution in [1.82, 2.24) is 10.6 Å². The number of hydrogen-bond donors (Lipinski definition) is 2. The summed E-state index contributed by atoms with van der Waals surface area (Å²) in [6.45, 7) is 6.21. The molecule has 0 bridgehead atoms. The lowest BCUT2D eigenvalue weighted by atomic mass is 10.0. The van der Waals surface area contributed by atoms with Crippen molar-refractivity contribution < 1.29 is 19.1 Å². The van der Waals surface area contributed by atoms with E-state index in [0.717, 1.165) is 6.42 Å². The third-order valence-electron chi connectivity index (χ3n) is 3.61. The Balaban J connectivity index is 2.56. The largest absolute Gasteiger partial charge is 0.497 e. The highest BCUT2D eigenvalue weighted by Gasteiger charge is 2.17. The van der Waals surface area contributed by atoms with Crippen molar-refractivity contribution in [2.45, 2.75) is 39.2 Å². The molecule has 23 heavy (non-hydrogen) atoms. The number of methoxy groups -OCH3 is 2. The molecule has 0 fully saturated rings. The summed E-state index contributed by atoms with van der Waals surface area (Å²) >= 11 is 0. The predicted molar refractivity (Wildman–Crippen MR) is 89.0 cm³/mol. The van der Waals surface area contributed by atoms with E-state index in [2.05, 4.69) is 10.6 Å². The second-order valence-corrected chi connectivity index (χ2v) is 5.89. The summed E-state index contributed by atoms with van der Waals surface area (Å²) in [5, 5.41) is 5.65. The monoisotopic (exact) mass is 322 g/mol. The highest BCUT2D eigenvalue weighted by Crippen LogP contribution is 2.22. The maximum Gasteiger partial charge on any atom is 0.251 e. The van der Waals surface area contributed by atoms with Gasteiger partial charge in [0.1, 0.15) is 11.5 Å². The molecule has 0 saturated heterocycles. The van der Waals surface area contributed by atoms with E-state index in [0.29, 0.717) is 17.1 Å². The van der Waals surface area contributed by atoms with Crippen molar-refractivity contribution in [2.24, 2.45) is 0 Å². The van der Waals surface area contributed by atoms with Crippen molar-refractivity contribution >= 4 is 11.8 Å². The van der Waals surface area contributed by atoms with Gasteiger partial charge in [-0.25, -0.2) is 0 Å². The van der Waals surface area contributed by atoms with Crippen LogP contribution in [0.1, 0.15) is 44.0 Å². The van der Waals surface area contributed by atoms with E-state index in [1.807, 2.05) is 20.8 Å². The smallest absolute Gasteiger partial charge is 0.251 e. The Morgan fingerprint density at radius 3 is 2.13 bits per heavy atom. The topological polar surface area (TPSA) is 76.7 Å². The van der Waals surface area contributed by atoms with Gasteiger partial charge < -0.3 is 20.1 Å². The fraction of sp³-hybridized carbons (Fsp3) is 0.529. The minimum Gasteiger partial charge on any atom is -0.497 e. The molecule has 2 amide bonds. The molecule has 2 N–H and O–H groups in total. The summed E-state index contributed by atoms with van der Waals surface area (Å²) in [7, 11) is 3.05. The third-order valence-corrected chi connectivity index (χ3v) is 3.61. The lowest BCUT2D eigenvalue weighted by Gasteiger charge is -2.24. The molecule has 0 saturated carbocycles. The maximum absolute atomic E-state index is 12.1. The highest BCUT2D eigenvalue weighted by atomic mass is 16.5. The van der Waals surface area contributed by atoms with Gasteiger partial charge in [-0.1, -0.05) is 6.92 Å². The van der Waals surface area contributed by atoms with E-state index in [1.165, 1.54) is 14.2 Å². The number of amides is 2.